The summed E-state index contributed by atoms with van der Waals surface area (Å²) in [7, 11) is 0. The fraction of sp³-hybridized carbons (Fsp3) is 1.00. The summed E-state index contributed by atoms with van der Waals surface area (Å²) in [5.41, 5.74) is -0.0870. The molecule has 1 heteroatoms. The molecule has 0 aromatic rings. The van der Waals surface area contributed by atoms with Crippen molar-refractivity contribution in [2.45, 2.75) is 44.6 Å². The minimum absolute atomic E-state index is 0.0870. The van der Waals surface area contributed by atoms with Crippen LogP contribution in [0.2, 0.25) is 0 Å². The largest absolute Gasteiger partial charge is 0.390 e. The van der Waals surface area contributed by atoms with Gasteiger partial charge in [0.05, 0.1) is 5.60 Å². The zero-order chi connectivity index (χ0) is 10.2. The second kappa shape index (κ2) is 2.21. The van der Waals surface area contributed by atoms with Crippen LogP contribution in [0.5, 0.6) is 0 Å². The van der Waals surface area contributed by atoms with Crippen molar-refractivity contribution in [2.75, 3.05) is 0 Å². The molecule has 4 bridgehead atoms. The van der Waals surface area contributed by atoms with E-state index in [2.05, 4.69) is 6.92 Å². The Balaban J connectivity index is 1.71. The molecule has 7 unspecified atom stereocenters. The zero-order valence-corrected chi connectivity index (χ0v) is 8.91. The van der Waals surface area contributed by atoms with Crippen LogP contribution >= 0.6 is 0 Å². The van der Waals surface area contributed by atoms with E-state index in [1.165, 1.54) is 32.1 Å². The second-order valence-corrected chi connectivity index (χ2v) is 6.61. The maximum absolute atomic E-state index is 7.34. The van der Waals surface area contributed by atoms with Gasteiger partial charge in [-0.15, -0.1) is 0 Å². The molecular weight excluding hydrogens is 172 g/mol. The topological polar surface area (TPSA) is 20.2 Å². The van der Waals surface area contributed by atoms with E-state index in [4.69, 9.17) is 6.54 Å². The van der Waals surface area contributed by atoms with Crippen molar-refractivity contribution < 1.29 is 5.11 Å². The van der Waals surface area contributed by atoms with Gasteiger partial charge in [-0.1, -0.05) is 0 Å². The van der Waals surface area contributed by atoms with Gasteiger partial charge in [0, 0.05) is 0 Å². The standard InChI is InChI=1S/C13H20O/c1-13(14)6-9-5-10(13)12-8-3-2-7(4-8)11(9)12/h7-12,14H,2-6H2,1H3/i14D. The Hall–Kier alpha value is -0.0400. The molecule has 7 atom stereocenters. The van der Waals surface area contributed by atoms with Crippen LogP contribution in [0.25, 0.3) is 0 Å². The van der Waals surface area contributed by atoms with Crippen molar-refractivity contribution >= 4 is 0 Å². The quantitative estimate of drug-likeness (QED) is 0.634. The van der Waals surface area contributed by atoms with Crippen LogP contribution in [0.1, 0.15) is 39.0 Å². The minimum Gasteiger partial charge on any atom is -0.390 e. The molecule has 4 aliphatic carbocycles. The number of fused-ring (bicyclic) bond motifs is 9. The Morgan fingerprint density at radius 2 is 1.93 bits per heavy atom. The number of aliphatic hydroxyl groups is 1. The van der Waals surface area contributed by atoms with Crippen molar-refractivity contribution in [3.63, 3.8) is 0 Å². The summed E-state index contributed by atoms with van der Waals surface area (Å²) in [6.45, 7) is 2.19. The van der Waals surface area contributed by atoms with Crippen molar-refractivity contribution in [1.82, 2.24) is 0 Å². The summed E-state index contributed by atoms with van der Waals surface area (Å²) >= 11 is 0. The van der Waals surface area contributed by atoms with Gasteiger partial charge in [-0.25, -0.2) is 0 Å². The molecule has 4 fully saturated rings. The van der Waals surface area contributed by atoms with Gasteiger partial charge in [-0.05, 0) is 74.5 Å². The van der Waals surface area contributed by atoms with E-state index in [9.17, 15) is 0 Å². The Labute approximate surface area is 87.4 Å². The summed E-state index contributed by atoms with van der Waals surface area (Å²) in [6, 6.07) is 0. The molecule has 4 saturated carbocycles. The Morgan fingerprint density at radius 3 is 2.71 bits per heavy atom. The molecule has 4 rings (SSSR count). The molecule has 4 aliphatic rings. The lowest BCUT2D eigenvalue weighted by Crippen LogP contribution is -2.42. The van der Waals surface area contributed by atoms with Gasteiger partial charge < -0.3 is 5.11 Å². The molecule has 0 spiro atoms. The molecule has 78 valence electrons. The van der Waals surface area contributed by atoms with Gasteiger partial charge in [0.15, 0.2) is 0 Å². The molecular formula is C13H20O. The first-order valence-electron chi connectivity index (χ1n) is 6.78. The normalized spacial score (nSPS) is 69.9. The molecule has 1 nitrogen and oxygen atoms in total. The summed E-state index contributed by atoms with van der Waals surface area (Å²) in [4.78, 5) is 0. The van der Waals surface area contributed by atoms with E-state index in [0.29, 0.717) is 0 Å². The lowest BCUT2D eigenvalue weighted by Gasteiger charge is -2.41. The van der Waals surface area contributed by atoms with Crippen molar-refractivity contribution in [3.05, 3.63) is 0 Å². The van der Waals surface area contributed by atoms with Gasteiger partial charge >= 0.3 is 0 Å². The molecule has 0 aliphatic heterocycles. The molecule has 14 heavy (non-hydrogen) atoms. The molecule has 0 saturated heterocycles. The third-order valence-corrected chi connectivity index (χ3v) is 6.06. The van der Waals surface area contributed by atoms with E-state index >= 15 is 0 Å². The predicted octanol–water partition coefficient (Wildman–Crippen LogP) is 2.44. The van der Waals surface area contributed by atoms with Crippen LogP contribution in [0.15, 0.2) is 0 Å². The number of hydrogen-bond donors (Lipinski definition) is 1. The fourth-order valence-corrected chi connectivity index (χ4v) is 5.86. The van der Waals surface area contributed by atoms with Crippen LogP contribution in [-0.4, -0.2) is 12.1 Å². The van der Waals surface area contributed by atoms with Gasteiger partial charge in [0.25, 0.3) is 0 Å². The van der Waals surface area contributed by atoms with Crippen molar-refractivity contribution in [3.8, 4) is 0 Å². The monoisotopic (exact) mass is 193 g/mol. The smallest absolute Gasteiger partial charge is 0.211 e. The summed E-state index contributed by atoms with van der Waals surface area (Å²) in [6.07, 6.45) is 7.04. The molecule has 0 amide bonds. The number of rotatable bonds is 1. The average Bonchev–Trinajstić information content (AvgIpc) is 2.93. The lowest BCUT2D eigenvalue weighted by atomic mass is 9.66. The maximum Gasteiger partial charge on any atom is 0.211 e. The fourth-order valence-electron chi connectivity index (χ4n) is 5.86. The van der Waals surface area contributed by atoms with Crippen LogP contribution in [-0.2, 0) is 0 Å². The van der Waals surface area contributed by atoms with E-state index < -0.39 is 0 Å². The highest BCUT2D eigenvalue weighted by atomic mass is 16.3. The van der Waals surface area contributed by atoms with Gasteiger partial charge in [0.1, 0.15) is 0 Å². The van der Waals surface area contributed by atoms with Gasteiger partial charge in [-0.3, -0.25) is 0 Å². The lowest BCUT2D eigenvalue weighted by molar-refractivity contribution is -0.0499. The van der Waals surface area contributed by atoms with E-state index in [-0.39, 0.29) is 5.60 Å². The minimum atomic E-state index is -0.0870. The molecule has 0 radical (unpaired) electrons. The maximum atomic E-state index is 7.34. The highest BCUT2D eigenvalue weighted by molar-refractivity contribution is 5.14. The highest BCUT2D eigenvalue weighted by Gasteiger charge is 2.65. The Morgan fingerprint density at radius 1 is 1.14 bits per heavy atom. The van der Waals surface area contributed by atoms with Gasteiger partial charge in [-0.2, -0.15) is 0 Å². The van der Waals surface area contributed by atoms with Gasteiger partial charge in [0.2, 0.25) is 1.43 Å². The Kier molecular flexibility index (Phi) is 1.15. The number of hydrogen-bond acceptors (Lipinski definition) is 1. The van der Waals surface area contributed by atoms with Crippen LogP contribution in [0.4, 0.5) is 0 Å². The van der Waals surface area contributed by atoms with Crippen LogP contribution in [0.3, 0.4) is 0 Å². The third kappa shape index (κ3) is 0.743. The van der Waals surface area contributed by atoms with E-state index in [1.807, 2.05) is 0 Å². The SMILES string of the molecule is [2H]OC1(C)CC2CC1C1C3CCC(C3)C21. The average molecular weight is 193 g/mol. The first-order valence-corrected chi connectivity index (χ1v) is 6.37. The highest BCUT2D eigenvalue weighted by Crippen LogP contribution is 2.69. The second-order valence-electron chi connectivity index (χ2n) is 6.61. The van der Waals surface area contributed by atoms with Crippen molar-refractivity contribution in [1.29, 1.82) is 1.43 Å². The first kappa shape index (κ1) is 7.27. The molecule has 0 aromatic heterocycles. The first-order chi connectivity index (χ1) is 7.23. The molecule has 0 heterocycles. The Bertz CT molecular complexity index is 305. The van der Waals surface area contributed by atoms with E-state index in [1.54, 1.807) is 0 Å². The zero-order valence-electron chi connectivity index (χ0n) is 9.91. The van der Waals surface area contributed by atoms with Crippen LogP contribution in [0, 0.1) is 35.5 Å². The van der Waals surface area contributed by atoms with E-state index in [0.717, 1.165) is 35.5 Å². The summed E-state index contributed by atoms with van der Waals surface area (Å²) < 4.78 is 7.34. The summed E-state index contributed by atoms with van der Waals surface area (Å²) in [5, 5.41) is 5.10. The van der Waals surface area contributed by atoms with Crippen molar-refractivity contribution in [2.24, 2.45) is 35.5 Å². The summed E-state index contributed by atoms with van der Waals surface area (Å²) in [5.74, 6) is 5.68. The molecule has 1 N–H and O–H groups in total. The van der Waals surface area contributed by atoms with Crippen LogP contribution < -0.4 is 0 Å². The predicted molar refractivity (Wildman–Crippen MR) is 54.6 cm³/mol. The third-order valence-electron chi connectivity index (χ3n) is 6.06. The molecule has 0 aromatic carbocycles.